The first-order valence-electron chi connectivity index (χ1n) is 7.48. The van der Waals surface area contributed by atoms with E-state index in [0.717, 1.165) is 37.4 Å². The molecule has 0 saturated heterocycles. The Kier molecular flexibility index (Phi) is 8.83. The van der Waals surface area contributed by atoms with E-state index < -0.39 is 0 Å². The highest BCUT2D eigenvalue weighted by Crippen LogP contribution is 2.25. The van der Waals surface area contributed by atoms with Gasteiger partial charge in [0.2, 0.25) is 0 Å². The van der Waals surface area contributed by atoms with Crippen molar-refractivity contribution in [2.45, 2.75) is 26.7 Å². The Hall–Kier alpha value is -1.26. The fourth-order valence-corrected chi connectivity index (χ4v) is 2.02. The van der Waals surface area contributed by atoms with Crippen LogP contribution in [0.3, 0.4) is 0 Å². The average molecular weight is 281 g/mol. The van der Waals surface area contributed by atoms with Gasteiger partial charge in [-0.3, -0.25) is 0 Å². The van der Waals surface area contributed by atoms with Crippen LogP contribution in [-0.4, -0.2) is 38.0 Å². The van der Waals surface area contributed by atoms with Crippen molar-refractivity contribution in [1.82, 2.24) is 5.32 Å². The molecule has 0 saturated carbocycles. The third-order valence-electron chi connectivity index (χ3n) is 3.23. The number of aliphatic hydroxyl groups excluding tert-OH is 1. The highest BCUT2D eigenvalue weighted by Gasteiger charge is 2.05. The van der Waals surface area contributed by atoms with E-state index in [2.05, 4.69) is 12.2 Å². The number of nitrogens with one attached hydrogen (secondary N) is 1. The lowest BCUT2D eigenvalue weighted by atomic mass is 10.0. The van der Waals surface area contributed by atoms with Crippen molar-refractivity contribution in [2.24, 2.45) is 5.92 Å². The van der Waals surface area contributed by atoms with Crippen molar-refractivity contribution in [3.05, 3.63) is 24.3 Å². The summed E-state index contributed by atoms with van der Waals surface area (Å²) in [5.74, 6) is 2.12. The second-order valence-corrected chi connectivity index (χ2v) is 4.72. The molecule has 4 nitrogen and oxygen atoms in total. The second kappa shape index (κ2) is 10.5. The zero-order valence-corrected chi connectivity index (χ0v) is 12.6. The third-order valence-corrected chi connectivity index (χ3v) is 3.23. The Morgan fingerprint density at radius 2 is 1.85 bits per heavy atom. The first-order chi connectivity index (χ1) is 9.81. The molecule has 1 aromatic rings. The van der Waals surface area contributed by atoms with Gasteiger partial charge in [-0.25, -0.2) is 0 Å². The van der Waals surface area contributed by atoms with Gasteiger partial charge >= 0.3 is 0 Å². The van der Waals surface area contributed by atoms with E-state index in [0.29, 0.717) is 19.1 Å². The number of ether oxygens (including phenoxy) is 2. The summed E-state index contributed by atoms with van der Waals surface area (Å²) in [4.78, 5) is 0. The molecule has 0 aliphatic rings. The van der Waals surface area contributed by atoms with Crippen LogP contribution in [0.15, 0.2) is 24.3 Å². The van der Waals surface area contributed by atoms with Crippen LogP contribution in [0.2, 0.25) is 0 Å². The number of hydrogen-bond donors (Lipinski definition) is 2. The van der Waals surface area contributed by atoms with Crippen LogP contribution < -0.4 is 14.8 Å². The first kappa shape index (κ1) is 16.8. The van der Waals surface area contributed by atoms with E-state index in [4.69, 9.17) is 14.6 Å². The number of aliphatic hydroxyl groups is 1. The minimum Gasteiger partial charge on any atom is -0.490 e. The Bertz CT molecular complexity index is 357. The average Bonchev–Trinajstić information content (AvgIpc) is 2.47. The molecule has 1 unspecified atom stereocenters. The lowest BCUT2D eigenvalue weighted by Gasteiger charge is -2.15. The molecule has 0 radical (unpaired) electrons. The quantitative estimate of drug-likeness (QED) is 0.612. The minimum absolute atomic E-state index is 0.262. The molecule has 114 valence electrons. The summed E-state index contributed by atoms with van der Waals surface area (Å²) >= 11 is 0. The smallest absolute Gasteiger partial charge is 0.161 e. The standard InChI is InChI=1S/C16H27NO3/c1-3-14(9-11-18)13-17-10-12-20-16-8-6-5-7-15(16)19-4-2/h5-8,14,17-18H,3-4,9-13H2,1-2H3. The van der Waals surface area contributed by atoms with Gasteiger partial charge in [-0.05, 0) is 37.9 Å². The van der Waals surface area contributed by atoms with Crippen molar-refractivity contribution >= 4 is 0 Å². The summed E-state index contributed by atoms with van der Waals surface area (Å²) in [6, 6.07) is 7.72. The molecule has 0 fully saturated rings. The van der Waals surface area contributed by atoms with E-state index in [9.17, 15) is 0 Å². The monoisotopic (exact) mass is 281 g/mol. The Labute approximate surface area is 122 Å². The van der Waals surface area contributed by atoms with Gasteiger partial charge in [0.15, 0.2) is 11.5 Å². The molecule has 2 N–H and O–H groups in total. The molecule has 4 heteroatoms. The van der Waals surface area contributed by atoms with Gasteiger partial charge in [-0.1, -0.05) is 25.5 Å². The summed E-state index contributed by atoms with van der Waals surface area (Å²) in [6.07, 6.45) is 1.94. The highest BCUT2D eigenvalue weighted by molar-refractivity contribution is 5.39. The van der Waals surface area contributed by atoms with Crippen LogP contribution in [0.1, 0.15) is 26.7 Å². The summed E-state index contributed by atoms with van der Waals surface area (Å²) in [6.45, 7) is 7.34. The van der Waals surface area contributed by atoms with E-state index in [-0.39, 0.29) is 6.61 Å². The molecular weight excluding hydrogens is 254 g/mol. The van der Waals surface area contributed by atoms with Gasteiger partial charge in [0, 0.05) is 13.2 Å². The van der Waals surface area contributed by atoms with Crippen molar-refractivity contribution in [2.75, 3.05) is 32.9 Å². The molecule has 0 spiro atoms. The van der Waals surface area contributed by atoms with Gasteiger partial charge in [0.05, 0.1) is 6.61 Å². The maximum absolute atomic E-state index is 8.93. The van der Waals surface area contributed by atoms with Gasteiger partial charge in [-0.15, -0.1) is 0 Å². The van der Waals surface area contributed by atoms with E-state index >= 15 is 0 Å². The number of hydrogen-bond acceptors (Lipinski definition) is 4. The predicted molar refractivity (Wildman–Crippen MR) is 81.5 cm³/mol. The van der Waals surface area contributed by atoms with Crippen molar-refractivity contribution < 1.29 is 14.6 Å². The summed E-state index contributed by atoms with van der Waals surface area (Å²) < 4.78 is 11.2. The SMILES string of the molecule is CCOc1ccccc1OCCNCC(CC)CCO. The van der Waals surface area contributed by atoms with Crippen molar-refractivity contribution in [3.63, 3.8) is 0 Å². The maximum Gasteiger partial charge on any atom is 0.161 e. The Morgan fingerprint density at radius 1 is 1.15 bits per heavy atom. The van der Waals surface area contributed by atoms with Gasteiger partial charge < -0.3 is 19.9 Å². The Morgan fingerprint density at radius 3 is 2.45 bits per heavy atom. The van der Waals surface area contributed by atoms with Crippen molar-refractivity contribution in [1.29, 1.82) is 0 Å². The zero-order valence-electron chi connectivity index (χ0n) is 12.6. The lowest BCUT2D eigenvalue weighted by molar-refractivity contribution is 0.245. The first-order valence-corrected chi connectivity index (χ1v) is 7.48. The molecule has 1 atom stereocenters. The molecule has 0 aliphatic carbocycles. The number of para-hydroxylation sites is 2. The summed E-state index contributed by atoms with van der Waals surface area (Å²) in [5, 5.41) is 12.3. The van der Waals surface area contributed by atoms with Crippen LogP contribution in [0.25, 0.3) is 0 Å². The van der Waals surface area contributed by atoms with E-state index in [1.807, 2.05) is 31.2 Å². The van der Waals surface area contributed by atoms with E-state index in [1.54, 1.807) is 0 Å². The van der Waals surface area contributed by atoms with Gasteiger partial charge in [-0.2, -0.15) is 0 Å². The van der Waals surface area contributed by atoms with Crippen LogP contribution in [0.5, 0.6) is 11.5 Å². The molecular formula is C16H27NO3. The van der Waals surface area contributed by atoms with E-state index in [1.165, 1.54) is 0 Å². The number of rotatable bonds is 11. The maximum atomic E-state index is 8.93. The van der Waals surface area contributed by atoms with Crippen LogP contribution in [0.4, 0.5) is 0 Å². The fraction of sp³-hybridized carbons (Fsp3) is 0.625. The van der Waals surface area contributed by atoms with Gasteiger partial charge in [0.25, 0.3) is 0 Å². The largest absolute Gasteiger partial charge is 0.490 e. The lowest BCUT2D eigenvalue weighted by Crippen LogP contribution is -2.27. The molecule has 0 aliphatic heterocycles. The molecule has 0 aromatic heterocycles. The topological polar surface area (TPSA) is 50.7 Å². The molecule has 0 amide bonds. The van der Waals surface area contributed by atoms with Crippen LogP contribution in [0, 0.1) is 5.92 Å². The second-order valence-electron chi connectivity index (χ2n) is 4.72. The number of benzene rings is 1. The molecule has 0 heterocycles. The fourth-order valence-electron chi connectivity index (χ4n) is 2.02. The highest BCUT2D eigenvalue weighted by atomic mass is 16.5. The van der Waals surface area contributed by atoms with Gasteiger partial charge in [0.1, 0.15) is 6.61 Å². The summed E-state index contributed by atoms with van der Waals surface area (Å²) in [7, 11) is 0. The van der Waals surface area contributed by atoms with Crippen LogP contribution >= 0.6 is 0 Å². The summed E-state index contributed by atoms with van der Waals surface area (Å²) in [5.41, 5.74) is 0. The Balaban J connectivity index is 2.24. The molecule has 1 rings (SSSR count). The normalized spacial score (nSPS) is 12.2. The minimum atomic E-state index is 0.262. The predicted octanol–water partition coefficient (Wildman–Crippen LogP) is 2.46. The van der Waals surface area contributed by atoms with Crippen LogP contribution in [-0.2, 0) is 0 Å². The molecule has 0 bridgehead atoms. The van der Waals surface area contributed by atoms with Crippen molar-refractivity contribution in [3.8, 4) is 11.5 Å². The molecule has 20 heavy (non-hydrogen) atoms. The molecule has 1 aromatic carbocycles. The zero-order chi connectivity index (χ0) is 14.6. The third kappa shape index (κ3) is 6.26.